The largest absolute Gasteiger partial charge is 0.481 e. The van der Waals surface area contributed by atoms with Crippen molar-refractivity contribution in [2.45, 2.75) is 91.0 Å². The van der Waals surface area contributed by atoms with Gasteiger partial charge < -0.3 is 9.67 Å². The van der Waals surface area contributed by atoms with E-state index in [0.29, 0.717) is 23.3 Å². The van der Waals surface area contributed by atoms with Gasteiger partial charge in [0.2, 0.25) is 0 Å². The standard InChI is InChI=1S/C26H35N3O4S/c1-25(2)12-20-19(26(3,4)15-25)11-18(23(33)29(20)13-16-8-6-5-7-9-16)22(32)28-24-27-17(14-34-24)10-21(30)31/h11,14,16H,5-10,12-13,15H2,1-4H3,(H,30,31)(H,27,28,32). The van der Waals surface area contributed by atoms with Crippen molar-refractivity contribution in [2.75, 3.05) is 5.32 Å². The maximum atomic E-state index is 13.7. The van der Waals surface area contributed by atoms with E-state index in [1.807, 2.05) is 4.57 Å². The minimum absolute atomic E-state index is 0.0719. The SMILES string of the molecule is CC1(C)Cc2c(cc(C(=O)Nc3nc(CC(=O)O)cs3)c(=O)n2CC2CCCCC2)C(C)(C)C1. The normalized spacial score (nSPS) is 19.4. The summed E-state index contributed by atoms with van der Waals surface area (Å²) < 4.78 is 1.90. The molecule has 0 atom stereocenters. The summed E-state index contributed by atoms with van der Waals surface area (Å²) in [5, 5.41) is 13.6. The highest BCUT2D eigenvalue weighted by atomic mass is 32.1. The number of aromatic nitrogens is 2. The molecular weight excluding hydrogens is 450 g/mol. The molecule has 0 aliphatic heterocycles. The Morgan fingerprint density at radius 2 is 1.91 bits per heavy atom. The van der Waals surface area contributed by atoms with E-state index in [9.17, 15) is 14.4 Å². The van der Waals surface area contributed by atoms with Gasteiger partial charge in [-0.1, -0.05) is 47.0 Å². The van der Waals surface area contributed by atoms with Gasteiger partial charge in [-0.25, -0.2) is 4.98 Å². The Morgan fingerprint density at radius 1 is 1.21 bits per heavy atom. The van der Waals surface area contributed by atoms with Crippen LogP contribution in [-0.4, -0.2) is 26.5 Å². The summed E-state index contributed by atoms with van der Waals surface area (Å²) in [5.74, 6) is -1.00. The van der Waals surface area contributed by atoms with E-state index in [2.05, 4.69) is 38.0 Å². The number of carbonyl (C=O) groups excluding carboxylic acids is 1. The maximum absolute atomic E-state index is 13.7. The molecule has 184 valence electrons. The van der Waals surface area contributed by atoms with Crippen molar-refractivity contribution in [2.24, 2.45) is 11.3 Å². The number of nitrogens with zero attached hydrogens (tertiary/aromatic N) is 2. The summed E-state index contributed by atoms with van der Waals surface area (Å²) in [4.78, 5) is 42.1. The fraction of sp³-hybridized carbons (Fsp3) is 0.615. The van der Waals surface area contributed by atoms with E-state index in [1.54, 1.807) is 11.4 Å². The van der Waals surface area contributed by atoms with Crippen LogP contribution in [0.15, 0.2) is 16.2 Å². The molecule has 2 aliphatic carbocycles. The monoisotopic (exact) mass is 485 g/mol. The third kappa shape index (κ3) is 5.27. The lowest BCUT2D eigenvalue weighted by Crippen LogP contribution is -2.42. The van der Waals surface area contributed by atoms with Gasteiger partial charge in [0.15, 0.2) is 5.13 Å². The van der Waals surface area contributed by atoms with Gasteiger partial charge in [0.1, 0.15) is 5.56 Å². The molecule has 2 aromatic rings. The maximum Gasteiger partial charge on any atom is 0.309 e. The minimum Gasteiger partial charge on any atom is -0.481 e. The number of carboxylic acid groups (broad SMARTS) is 1. The third-order valence-electron chi connectivity index (χ3n) is 7.21. The van der Waals surface area contributed by atoms with E-state index in [-0.39, 0.29) is 28.4 Å². The molecule has 8 heteroatoms. The van der Waals surface area contributed by atoms with Crippen molar-refractivity contribution in [1.29, 1.82) is 0 Å². The Kier molecular flexibility index (Phi) is 6.73. The summed E-state index contributed by atoms with van der Waals surface area (Å²) in [6, 6.07) is 1.80. The molecule has 1 saturated carbocycles. The zero-order valence-corrected chi connectivity index (χ0v) is 21.4. The van der Waals surface area contributed by atoms with E-state index in [1.165, 1.54) is 30.6 Å². The van der Waals surface area contributed by atoms with Crippen LogP contribution < -0.4 is 10.9 Å². The van der Waals surface area contributed by atoms with Crippen LogP contribution >= 0.6 is 11.3 Å². The number of nitrogens with one attached hydrogen (secondary N) is 1. The van der Waals surface area contributed by atoms with Crippen LogP contribution in [-0.2, 0) is 29.6 Å². The summed E-state index contributed by atoms with van der Waals surface area (Å²) >= 11 is 1.17. The molecule has 0 unspecified atom stereocenters. The molecule has 1 fully saturated rings. The predicted octanol–water partition coefficient (Wildman–Crippen LogP) is 5.01. The number of pyridine rings is 1. The number of aliphatic carboxylic acids is 1. The highest BCUT2D eigenvalue weighted by Gasteiger charge is 2.40. The number of anilines is 1. The second kappa shape index (κ2) is 9.29. The van der Waals surface area contributed by atoms with Gasteiger partial charge in [-0.2, -0.15) is 0 Å². The number of carbonyl (C=O) groups is 2. The Bertz CT molecular complexity index is 1160. The Labute approximate surface area is 204 Å². The lowest BCUT2D eigenvalue weighted by Gasteiger charge is -2.43. The molecule has 2 aliphatic rings. The van der Waals surface area contributed by atoms with Crippen molar-refractivity contribution >= 4 is 28.3 Å². The highest BCUT2D eigenvalue weighted by molar-refractivity contribution is 7.14. The molecule has 2 N–H and O–H groups in total. The van der Waals surface area contributed by atoms with Gasteiger partial charge in [-0.15, -0.1) is 11.3 Å². The first-order chi connectivity index (χ1) is 15.9. The number of hydrogen-bond donors (Lipinski definition) is 2. The molecule has 4 rings (SSSR count). The van der Waals surface area contributed by atoms with Crippen molar-refractivity contribution in [3.63, 3.8) is 0 Å². The average molecular weight is 486 g/mol. The first-order valence-electron chi connectivity index (χ1n) is 12.2. The fourth-order valence-corrected chi connectivity index (χ4v) is 6.74. The third-order valence-corrected chi connectivity index (χ3v) is 8.02. The van der Waals surface area contributed by atoms with Gasteiger partial charge in [0.05, 0.1) is 12.1 Å². The summed E-state index contributed by atoms with van der Waals surface area (Å²) in [6.45, 7) is 9.57. The Balaban J connectivity index is 1.73. The van der Waals surface area contributed by atoms with Crippen LogP contribution in [0, 0.1) is 11.3 Å². The number of carboxylic acids is 1. The molecule has 2 heterocycles. The van der Waals surface area contributed by atoms with Crippen LogP contribution in [0.25, 0.3) is 0 Å². The van der Waals surface area contributed by atoms with E-state index < -0.39 is 11.9 Å². The summed E-state index contributed by atoms with van der Waals surface area (Å²) in [6.07, 6.45) is 7.48. The van der Waals surface area contributed by atoms with Gasteiger partial charge >= 0.3 is 5.97 Å². The zero-order chi connectivity index (χ0) is 24.7. The number of rotatable bonds is 6. The highest BCUT2D eigenvalue weighted by Crippen LogP contribution is 2.45. The first kappa shape index (κ1) is 24.6. The van der Waals surface area contributed by atoms with Crippen molar-refractivity contribution in [1.82, 2.24) is 9.55 Å². The van der Waals surface area contributed by atoms with E-state index in [4.69, 9.17) is 5.11 Å². The number of amides is 1. The van der Waals surface area contributed by atoms with Crippen LogP contribution in [0.1, 0.15) is 93.5 Å². The minimum atomic E-state index is -0.978. The summed E-state index contributed by atoms with van der Waals surface area (Å²) in [7, 11) is 0. The van der Waals surface area contributed by atoms with Gasteiger partial charge in [-0.05, 0) is 54.1 Å². The quantitative estimate of drug-likeness (QED) is 0.599. The van der Waals surface area contributed by atoms with E-state index in [0.717, 1.165) is 36.9 Å². The lowest BCUT2D eigenvalue weighted by atomic mass is 9.63. The van der Waals surface area contributed by atoms with E-state index >= 15 is 0 Å². The second-order valence-corrected chi connectivity index (χ2v) is 12.3. The Morgan fingerprint density at radius 3 is 2.59 bits per heavy atom. The van der Waals surface area contributed by atoms with Gasteiger partial charge in [-0.3, -0.25) is 19.7 Å². The summed E-state index contributed by atoms with van der Waals surface area (Å²) in [5.41, 5.74) is 2.35. The molecule has 0 saturated heterocycles. The molecule has 0 bridgehead atoms. The topological polar surface area (TPSA) is 101 Å². The molecule has 1 amide bonds. The fourth-order valence-electron chi connectivity index (χ4n) is 6.04. The second-order valence-electron chi connectivity index (χ2n) is 11.4. The molecule has 7 nitrogen and oxygen atoms in total. The predicted molar refractivity (Wildman–Crippen MR) is 134 cm³/mol. The first-order valence-corrected chi connectivity index (χ1v) is 13.1. The van der Waals surface area contributed by atoms with Crippen LogP contribution in [0.5, 0.6) is 0 Å². The number of hydrogen-bond acceptors (Lipinski definition) is 5. The van der Waals surface area contributed by atoms with Crippen molar-refractivity contribution in [3.8, 4) is 0 Å². The van der Waals surface area contributed by atoms with Gasteiger partial charge in [0.25, 0.3) is 11.5 Å². The zero-order valence-electron chi connectivity index (χ0n) is 20.6. The average Bonchev–Trinajstić information content (AvgIpc) is 3.15. The van der Waals surface area contributed by atoms with Crippen molar-refractivity contribution in [3.05, 3.63) is 44.3 Å². The molecule has 0 spiro atoms. The molecule has 2 aromatic heterocycles. The molecule has 0 radical (unpaired) electrons. The lowest BCUT2D eigenvalue weighted by molar-refractivity contribution is -0.136. The van der Waals surface area contributed by atoms with Crippen molar-refractivity contribution < 1.29 is 14.7 Å². The number of fused-ring (bicyclic) bond motifs is 1. The smallest absolute Gasteiger partial charge is 0.309 e. The number of thiazole rings is 1. The van der Waals surface area contributed by atoms with Crippen LogP contribution in [0.3, 0.4) is 0 Å². The molecule has 34 heavy (non-hydrogen) atoms. The van der Waals surface area contributed by atoms with Crippen LogP contribution in [0.4, 0.5) is 5.13 Å². The Hall–Kier alpha value is -2.48. The van der Waals surface area contributed by atoms with Crippen LogP contribution in [0.2, 0.25) is 0 Å². The molecule has 0 aromatic carbocycles. The van der Waals surface area contributed by atoms with Gasteiger partial charge in [0, 0.05) is 17.6 Å². The molecular formula is C26H35N3O4S.